The van der Waals surface area contributed by atoms with E-state index < -0.39 is 0 Å². The third kappa shape index (κ3) is 3.96. The Morgan fingerprint density at radius 1 is 1.35 bits per heavy atom. The van der Waals surface area contributed by atoms with Crippen LogP contribution in [0, 0.1) is 28.6 Å². The minimum atomic E-state index is 0.118. The van der Waals surface area contributed by atoms with Crippen molar-refractivity contribution in [3.8, 4) is 6.07 Å². The molecule has 0 radical (unpaired) electrons. The van der Waals surface area contributed by atoms with E-state index in [1.807, 2.05) is 0 Å². The van der Waals surface area contributed by atoms with Gasteiger partial charge in [-0.1, -0.05) is 27.2 Å². The van der Waals surface area contributed by atoms with Crippen molar-refractivity contribution in [2.24, 2.45) is 17.3 Å². The molecular formula is C17H32N2O. The molecule has 20 heavy (non-hydrogen) atoms. The van der Waals surface area contributed by atoms with Crippen LogP contribution in [0.5, 0.6) is 0 Å². The molecule has 0 spiro atoms. The van der Waals surface area contributed by atoms with Crippen LogP contribution in [0.2, 0.25) is 0 Å². The van der Waals surface area contributed by atoms with E-state index in [4.69, 9.17) is 0 Å². The number of hydrogen-bond acceptors (Lipinski definition) is 3. The quantitative estimate of drug-likeness (QED) is 0.811. The number of rotatable bonds is 6. The molecule has 0 bridgehead atoms. The molecule has 0 amide bonds. The van der Waals surface area contributed by atoms with Gasteiger partial charge in [0.2, 0.25) is 0 Å². The molecule has 1 fully saturated rings. The fraction of sp³-hybridized carbons (Fsp3) is 0.941. The molecule has 3 unspecified atom stereocenters. The van der Waals surface area contributed by atoms with Crippen molar-refractivity contribution in [2.45, 2.75) is 72.4 Å². The van der Waals surface area contributed by atoms with Gasteiger partial charge in [0, 0.05) is 18.6 Å². The first-order valence-electron chi connectivity index (χ1n) is 8.13. The molecule has 0 aromatic heterocycles. The van der Waals surface area contributed by atoms with Crippen LogP contribution >= 0.6 is 0 Å². The van der Waals surface area contributed by atoms with E-state index in [0.29, 0.717) is 30.0 Å². The van der Waals surface area contributed by atoms with E-state index in [-0.39, 0.29) is 12.5 Å². The van der Waals surface area contributed by atoms with Crippen LogP contribution in [0.3, 0.4) is 0 Å². The van der Waals surface area contributed by atoms with Gasteiger partial charge in [-0.05, 0) is 44.4 Å². The molecule has 1 aliphatic carbocycles. The monoisotopic (exact) mass is 280 g/mol. The summed E-state index contributed by atoms with van der Waals surface area (Å²) in [6.45, 7) is 12.2. The number of aliphatic hydroxyl groups excluding tert-OH is 1. The van der Waals surface area contributed by atoms with Crippen LogP contribution in [0.25, 0.3) is 0 Å². The zero-order valence-electron chi connectivity index (χ0n) is 13.9. The van der Waals surface area contributed by atoms with E-state index in [2.05, 4.69) is 45.6 Å². The van der Waals surface area contributed by atoms with Gasteiger partial charge in [-0.15, -0.1) is 0 Å². The second-order valence-corrected chi connectivity index (χ2v) is 7.21. The lowest BCUT2D eigenvalue weighted by molar-refractivity contribution is 0.0261. The molecular weight excluding hydrogens is 248 g/mol. The van der Waals surface area contributed by atoms with Crippen LogP contribution in [0.1, 0.15) is 60.3 Å². The predicted molar refractivity (Wildman–Crippen MR) is 83.2 cm³/mol. The van der Waals surface area contributed by atoms with Gasteiger partial charge < -0.3 is 5.11 Å². The van der Waals surface area contributed by atoms with Gasteiger partial charge in [-0.2, -0.15) is 5.26 Å². The molecule has 3 nitrogen and oxygen atoms in total. The summed E-state index contributed by atoms with van der Waals surface area (Å²) in [6, 6.07) is 3.20. The summed E-state index contributed by atoms with van der Waals surface area (Å²) in [5.41, 5.74) is 0.348. The largest absolute Gasteiger partial charge is 0.395 e. The van der Waals surface area contributed by atoms with Gasteiger partial charge in [-0.25, -0.2) is 0 Å². The van der Waals surface area contributed by atoms with Crippen molar-refractivity contribution in [3.05, 3.63) is 0 Å². The van der Waals surface area contributed by atoms with E-state index in [1.165, 1.54) is 12.8 Å². The average molecular weight is 280 g/mol. The molecule has 0 heterocycles. The van der Waals surface area contributed by atoms with Crippen molar-refractivity contribution >= 4 is 0 Å². The Labute approximate surface area is 125 Å². The fourth-order valence-corrected chi connectivity index (χ4v) is 3.58. The number of aliphatic hydroxyl groups is 1. The Bertz CT molecular complexity index is 332. The Hall–Kier alpha value is -0.590. The number of hydrogen-bond donors (Lipinski definition) is 1. The summed E-state index contributed by atoms with van der Waals surface area (Å²) in [7, 11) is 0. The molecule has 3 heteroatoms. The van der Waals surface area contributed by atoms with Crippen molar-refractivity contribution in [1.82, 2.24) is 4.90 Å². The highest BCUT2D eigenvalue weighted by Crippen LogP contribution is 2.43. The lowest BCUT2D eigenvalue weighted by atomic mass is 9.66. The molecule has 0 aliphatic heterocycles. The minimum absolute atomic E-state index is 0.118. The van der Waals surface area contributed by atoms with Crippen LogP contribution in [0.4, 0.5) is 0 Å². The highest BCUT2D eigenvalue weighted by Gasteiger charge is 2.40. The molecule has 0 aromatic carbocycles. The van der Waals surface area contributed by atoms with E-state index >= 15 is 0 Å². The maximum absolute atomic E-state index is 9.47. The number of nitriles is 1. The first-order chi connectivity index (χ1) is 9.37. The summed E-state index contributed by atoms with van der Waals surface area (Å²) in [4.78, 5) is 2.34. The fourth-order valence-electron chi connectivity index (χ4n) is 3.58. The summed E-state index contributed by atoms with van der Waals surface area (Å²) < 4.78 is 0. The normalized spacial score (nSPS) is 27.9. The minimum Gasteiger partial charge on any atom is -0.395 e. The summed E-state index contributed by atoms with van der Waals surface area (Å²) >= 11 is 0. The van der Waals surface area contributed by atoms with Crippen LogP contribution in [-0.4, -0.2) is 35.2 Å². The highest BCUT2D eigenvalue weighted by atomic mass is 16.3. The Kier molecular flexibility index (Phi) is 6.48. The van der Waals surface area contributed by atoms with Gasteiger partial charge in [0.05, 0.1) is 18.6 Å². The Morgan fingerprint density at radius 2 is 2.00 bits per heavy atom. The molecule has 0 aromatic rings. The van der Waals surface area contributed by atoms with Gasteiger partial charge in [-0.3, -0.25) is 4.90 Å². The maximum Gasteiger partial charge on any atom is 0.0672 e. The smallest absolute Gasteiger partial charge is 0.0672 e. The van der Waals surface area contributed by atoms with Gasteiger partial charge in [0.1, 0.15) is 0 Å². The molecule has 116 valence electrons. The average Bonchev–Trinajstić information content (AvgIpc) is 2.43. The van der Waals surface area contributed by atoms with Crippen LogP contribution in [0.15, 0.2) is 0 Å². The van der Waals surface area contributed by atoms with Crippen molar-refractivity contribution in [3.63, 3.8) is 0 Å². The summed E-state index contributed by atoms with van der Waals surface area (Å²) in [5, 5.41) is 18.8. The standard InChI is InChI=1S/C17H32N2O/c1-6-17(4,5)15-8-7-14(12-18)16(11-15)19(9-10-20)13(2)3/h13-16,20H,6-11H2,1-5H3. The molecule has 0 saturated heterocycles. The third-order valence-electron chi connectivity index (χ3n) is 5.45. The van der Waals surface area contributed by atoms with E-state index in [1.54, 1.807) is 0 Å². The first-order valence-corrected chi connectivity index (χ1v) is 8.13. The van der Waals surface area contributed by atoms with Gasteiger partial charge in [0.15, 0.2) is 0 Å². The molecule has 1 N–H and O–H groups in total. The lowest BCUT2D eigenvalue weighted by Gasteiger charge is -2.46. The zero-order chi connectivity index (χ0) is 15.3. The summed E-state index contributed by atoms with van der Waals surface area (Å²) in [6.07, 6.45) is 4.45. The maximum atomic E-state index is 9.47. The van der Waals surface area contributed by atoms with Crippen molar-refractivity contribution in [1.29, 1.82) is 5.26 Å². The molecule has 1 rings (SSSR count). The second-order valence-electron chi connectivity index (χ2n) is 7.21. The molecule has 1 aliphatic rings. The number of nitrogens with zero attached hydrogens (tertiary/aromatic N) is 2. The molecule has 1 saturated carbocycles. The lowest BCUT2D eigenvalue weighted by Crippen LogP contribution is -2.50. The Morgan fingerprint density at radius 3 is 2.45 bits per heavy atom. The predicted octanol–water partition coefficient (Wildman–Crippen LogP) is 3.43. The van der Waals surface area contributed by atoms with Gasteiger partial charge >= 0.3 is 0 Å². The van der Waals surface area contributed by atoms with E-state index in [0.717, 1.165) is 12.8 Å². The molecule has 3 atom stereocenters. The van der Waals surface area contributed by atoms with E-state index in [9.17, 15) is 10.4 Å². The third-order valence-corrected chi connectivity index (χ3v) is 5.45. The van der Waals surface area contributed by atoms with Crippen molar-refractivity contribution in [2.75, 3.05) is 13.2 Å². The Balaban J connectivity index is 2.90. The van der Waals surface area contributed by atoms with Crippen LogP contribution in [-0.2, 0) is 0 Å². The first kappa shape index (κ1) is 17.5. The van der Waals surface area contributed by atoms with Crippen LogP contribution < -0.4 is 0 Å². The topological polar surface area (TPSA) is 47.3 Å². The zero-order valence-corrected chi connectivity index (χ0v) is 13.9. The summed E-state index contributed by atoms with van der Waals surface area (Å²) in [5.74, 6) is 0.801. The van der Waals surface area contributed by atoms with Gasteiger partial charge in [0.25, 0.3) is 0 Å². The second kappa shape index (κ2) is 7.43. The SMILES string of the molecule is CCC(C)(C)C1CCC(C#N)C(N(CCO)C(C)C)C1. The highest BCUT2D eigenvalue weighted by molar-refractivity contribution is 5.00. The van der Waals surface area contributed by atoms with Crippen molar-refractivity contribution < 1.29 is 5.11 Å².